The molecule has 0 saturated carbocycles. The first-order chi connectivity index (χ1) is 10.2. The third-order valence-electron chi connectivity index (χ3n) is 3.30. The first-order valence-electron chi connectivity index (χ1n) is 6.93. The number of methoxy groups -OCH3 is 1. The van der Waals surface area contributed by atoms with Gasteiger partial charge in [0.05, 0.1) is 19.8 Å². The highest BCUT2D eigenvalue weighted by atomic mass is 19.1. The second-order valence-corrected chi connectivity index (χ2v) is 4.62. The molecule has 2 aromatic rings. The molecule has 1 N–H and O–H groups in total. The Balaban J connectivity index is 2.37. The fourth-order valence-corrected chi connectivity index (χ4v) is 2.33. The van der Waals surface area contributed by atoms with Crippen LogP contribution in [0.1, 0.15) is 24.1 Å². The van der Waals surface area contributed by atoms with Crippen molar-refractivity contribution >= 4 is 0 Å². The lowest BCUT2D eigenvalue weighted by Crippen LogP contribution is -2.17. The Bertz CT molecular complexity index is 601. The maximum atomic E-state index is 13.5. The van der Waals surface area contributed by atoms with Crippen molar-refractivity contribution in [3.8, 4) is 11.5 Å². The molecule has 2 rings (SSSR count). The Morgan fingerprint density at radius 2 is 1.90 bits per heavy atom. The van der Waals surface area contributed by atoms with Crippen LogP contribution in [0.4, 0.5) is 4.39 Å². The second-order valence-electron chi connectivity index (χ2n) is 4.62. The van der Waals surface area contributed by atoms with E-state index in [-0.39, 0.29) is 17.6 Å². The molecular formula is C17H20FNO2. The first kappa shape index (κ1) is 15.3. The van der Waals surface area contributed by atoms with E-state index in [1.54, 1.807) is 12.1 Å². The summed E-state index contributed by atoms with van der Waals surface area (Å²) in [6.07, 6.45) is 0. The van der Waals surface area contributed by atoms with Gasteiger partial charge in [-0.25, -0.2) is 4.39 Å². The van der Waals surface area contributed by atoms with Gasteiger partial charge in [0.2, 0.25) is 0 Å². The molecule has 0 aliphatic carbocycles. The highest BCUT2D eigenvalue weighted by molar-refractivity contribution is 5.40. The van der Waals surface area contributed by atoms with Crippen molar-refractivity contribution < 1.29 is 13.9 Å². The molecule has 2 aromatic carbocycles. The number of rotatable bonds is 6. The van der Waals surface area contributed by atoms with Crippen LogP contribution in [0.2, 0.25) is 0 Å². The van der Waals surface area contributed by atoms with E-state index in [1.807, 2.05) is 38.2 Å². The van der Waals surface area contributed by atoms with Crippen molar-refractivity contribution in [2.75, 3.05) is 20.8 Å². The van der Waals surface area contributed by atoms with E-state index < -0.39 is 0 Å². The van der Waals surface area contributed by atoms with E-state index in [9.17, 15) is 4.39 Å². The highest BCUT2D eigenvalue weighted by Gasteiger charge is 2.15. The number of hydrogen-bond donors (Lipinski definition) is 1. The molecule has 1 unspecified atom stereocenters. The van der Waals surface area contributed by atoms with Gasteiger partial charge >= 0.3 is 0 Å². The molecule has 3 nitrogen and oxygen atoms in total. The van der Waals surface area contributed by atoms with Gasteiger partial charge in [-0.1, -0.05) is 18.2 Å². The van der Waals surface area contributed by atoms with Crippen molar-refractivity contribution in [3.05, 3.63) is 59.4 Å². The van der Waals surface area contributed by atoms with Crippen molar-refractivity contribution in [1.82, 2.24) is 5.32 Å². The lowest BCUT2D eigenvalue weighted by Gasteiger charge is -2.19. The Morgan fingerprint density at radius 1 is 1.14 bits per heavy atom. The average molecular weight is 289 g/mol. The van der Waals surface area contributed by atoms with Gasteiger partial charge in [-0.15, -0.1) is 0 Å². The van der Waals surface area contributed by atoms with E-state index in [2.05, 4.69) is 5.32 Å². The molecule has 0 aromatic heterocycles. The first-order valence-corrected chi connectivity index (χ1v) is 6.93. The minimum absolute atomic E-state index is 0.0556. The Labute approximate surface area is 124 Å². The quantitative estimate of drug-likeness (QED) is 0.882. The van der Waals surface area contributed by atoms with Crippen molar-refractivity contribution in [2.24, 2.45) is 0 Å². The maximum absolute atomic E-state index is 13.5. The number of benzene rings is 2. The topological polar surface area (TPSA) is 30.5 Å². The van der Waals surface area contributed by atoms with Gasteiger partial charge in [0.15, 0.2) is 11.6 Å². The van der Waals surface area contributed by atoms with Crippen LogP contribution < -0.4 is 14.8 Å². The molecule has 0 heterocycles. The Morgan fingerprint density at radius 3 is 2.57 bits per heavy atom. The van der Waals surface area contributed by atoms with Gasteiger partial charge in [0, 0.05) is 0 Å². The van der Waals surface area contributed by atoms with Gasteiger partial charge in [-0.2, -0.15) is 0 Å². The van der Waals surface area contributed by atoms with Crippen LogP contribution in [0.15, 0.2) is 42.5 Å². The minimum atomic E-state index is -0.362. The van der Waals surface area contributed by atoms with Gasteiger partial charge in [-0.05, 0) is 49.4 Å². The molecule has 0 amide bonds. The molecule has 0 aliphatic heterocycles. The zero-order valence-electron chi connectivity index (χ0n) is 12.5. The SMILES string of the molecule is CCOc1cccc(C(NC)c2ccc(F)c(OC)c2)c1. The van der Waals surface area contributed by atoms with E-state index in [0.717, 1.165) is 16.9 Å². The Hall–Kier alpha value is -2.07. The number of ether oxygens (including phenoxy) is 2. The lowest BCUT2D eigenvalue weighted by molar-refractivity contribution is 0.339. The predicted octanol–water partition coefficient (Wildman–Crippen LogP) is 3.54. The van der Waals surface area contributed by atoms with Crippen molar-refractivity contribution in [3.63, 3.8) is 0 Å². The third kappa shape index (κ3) is 3.52. The lowest BCUT2D eigenvalue weighted by atomic mass is 9.98. The molecule has 4 heteroatoms. The van der Waals surface area contributed by atoms with Crippen LogP contribution in [0, 0.1) is 5.82 Å². The summed E-state index contributed by atoms with van der Waals surface area (Å²) >= 11 is 0. The van der Waals surface area contributed by atoms with Crippen LogP contribution in [-0.4, -0.2) is 20.8 Å². The van der Waals surface area contributed by atoms with Crippen molar-refractivity contribution in [2.45, 2.75) is 13.0 Å². The van der Waals surface area contributed by atoms with Gasteiger partial charge in [-0.3, -0.25) is 0 Å². The zero-order chi connectivity index (χ0) is 15.2. The maximum Gasteiger partial charge on any atom is 0.165 e. The summed E-state index contributed by atoms with van der Waals surface area (Å²) < 4.78 is 24.1. The molecular weight excluding hydrogens is 269 g/mol. The molecule has 1 atom stereocenters. The van der Waals surface area contributed by atoms with Gasteiger partial charge < -0.3 is 14.8 Å². The summed E-state index contributed by atoms with van der Waals surface area (Å²) in [6, 6.07) is 12.7. The van der Waals surface area contributed by atoms with E-state index >= 15 is 0 Å². The zero-order valence-corrected chi connectivity index (χ0v) is 12.5. The summed E-state index contributed by atoms with van der Waals surface area (Å²) in [5, 5.41) is 3.24. The van der Waals surface area contributed by atoms with E-state index in [1.165, 1.54) is 13.2 Å². The fourth-order valence-electron chi connectivity index (χ4n) is 2.33. The smallest absolute Gasteiger partial charge is 0.165 e. The number of hydrogen-bond acceptors (Lipinski definition) is 3. The van der Waals surface area contributed by atoms with Crippen LogP contribution in [0.25, 0.3) is 0 Å². The van der Waals surface area contributed by atoms with Crippen molar-refractivity contribution in [1.29, 1.82) is 0 Å². The number of nitrogens with one attached hydrogen (secondary N) is 1. The largest absolute Gasteiger partial charge is 0.494 e. The molecule has 0 bridgehead atoms. The highest BCUT2D eigenvalue weighted by Crippen LogP contribution is 2.28. The summed E-state index contributed by atoms with van der Waals surface area (Å²) in [5.41, 5.74) is 1.99. The average Bonchev–Trinajstić information content (AvgIpc) is 2.50. The molecule has 0 fully saturated rings. The second kappa shape index (κ2) is 7.09. The molecule has 112 valence electrons. The summed E-state index contributed by atoms with van der Waals surface area (Å²) in [4.78, 5) is 0. The summed E-state index contributed by atoms with van der Waals surface area (Å²) in [6.45, 7) is 2.57. The van der Waals surface area contributed by atoms with Gasteiger partial charge in [0.1, 0.15) is 5.75 Å². The summed E-state index contributed by atoms with van der Waals surface area (Å²) in [7, 11) is 3.33. The van der Waals surface area contributed by atoms with Crippen LogP contribution in [0.3, 0.4) is 0 Å². The monoisotopic (exact) mass is 289 g/mol. The minimum Gasteiger partial charge on any atom is -0.494 e. The number of halogens is 1. The van der Waals surface area contributed by atoms with E-state index in [0.29, 0.717) is 6.61 Å². The van der Waals surface area contributed by atoms with Crippen LogP contribution in [-0.2, 0) is 0 Å². The normalized spacial score (nSPS) is 12.0. The van der Waals surface area contributed by atoms with Gasteiger partial charge in [0.25, 0.3) is 0 Å². The molecule has 0 spiro atoms. The third-order valence-corrected chi connectivity index (χ3v) is 3.30. The molecule has 0 radical (unpaired) electrons. The summed E-state index contributed by atoms with van der Waals surface area (Å²) in [5.74, 6) is 0.706. The molecule has 21 heavy (non-hydrogen) atoms. The fraction of sp³-hybridized carbons (Fsp3) is 0.294. The standard InChI is InChI=1S/C17H20FNO2/c1-4-21-14-7-5-6-12(10-14)17(19-2)13-8-9-15(18)16(11-13)20-3/h5-11,17,19H,4H2,1-3H3. The van der Waals surface area contributed by atoms with E-state index in [4.69, 9.17) is 9.47 Å². The molecule has 0 aliphatic rings. The molecule has 0 saturated heterocycles. The van der Waals surface area contributed by atoms with Crippen LogP contribution >= 0.6 is 0 Å². The predicted molar refractivity (Wildman–Crippen MR) is 81.5 cm³/mol. The van der Waals surface area contributed by atoms with Crippen LogP contribution in [0.5, 0.6) is 11.5 Å². The Kier molecular flexibility index (Phi) is 5.17.